The van der Waals surface area contributed by atoms with Crippen LogP contribution in [0.15, 0.2) is 12.1 Å². The zero-order valence-corrected chi connectivity index (χ0v) is 9.94. The fourth-order valence-electron chi connectivity index (χ4n) is 1.19. The molecule has 5 heteroatoms. The maximum atomic E-state index is 11.9. The Bertz CT molecular complexity index is 383. The molecule has 0 radical (unpaired) electrons. The molecule has 0 bridgehead atoms. The number of hydrogen-bond acceptors (Lipinski definition) is 3. The van der Waals surface area contributed by atoms with Gasteiger partial charge in [0.25, 0.3) is 5.91 Å². The minimum Gasteiger partial charge on any atom is -0.325 e. The van der Waals surface area contributed by atoms with E-state index in [1.54, 1.807) is 12.1 Å². The summed E-state index contributed by atoms with van der Waals surface area (Å²) in [6, 6.07) is 5.37. The van der Waals surface area contributed by atoms with Crippen molar-refractivity contribution in [3.05, 3.63) is 21.3 Å². The normalized spacial score (nSPS) is 9.67. The van der Waals surface area contributed by atoms with Crippen LogP contribution in [0.5, 0.6) is 0 Å². The molecular formula is C10H11ClN2OS. The highest BCUT2D eigenvalue weighted by molar-refractivity contribution is 7.17. The number of nitriles is 1. The first-order chi connectivity index (χ1) is 7.19. The predicted octanol–water partition coefficient (Wildman–Crippen LogP) is 2.78. The highest BCUT2D eigenvalue weighted by Crippen LogP contribution is 2.22. The Morgan fingerprint density at radius 2 is 2.40 bits per heavy atom. The second-order valence-corrected chi connectivity index (χ2v) is 4.70. The molecule has 0 aliphatic heterocycles. The molecule has 0 aliphatic rings. The van der Waals surface area contributed by atoms with Gasteiger partial charge < -0.3 is 4.90 Å². The minimum absolute atomic E-state index is 0.115. The van der Waals surface area contributed by atoms with E-state index in [-0.39, 0.29) is 12.5 Å². The predicted molar refractivity (Wildman–Crippen MR) is 61.1 cm³/mol. The fourth-order valence-corrected chi connectivity index (χ4v) is 2.20. The number of halogens is 1. The zero-order valence-electron chi connectivity index (χ0n) is 8.36. The van der Waals surface area contributed by atoms with Crippen LogP contribution in [-0.2, 0) is 0 Å². The summed E-state index contributed by atoms with van der Waals surface area (Å²) in [6.45, 7) is 2.70. The molecular weight excluding hydrogens is 232 g/mol. The van der Waals surface area contributed by atoms with Crippen molar-refractivity contribution in [3.63, 3.8) is 0 Å². The van der Waals surface area contributed by atoms with Crippen LogP contribution in [0, 0.1) is 11.3 Å². The third-order valence-electron chi connectivity index (χ3n) is 1.83. The molecule has 0 spiro atoms. The average molecular weight is 243 g/mol. The number of hydrogen-bond donors (Lipinski definition) is 0. The highest BCUT2D eigenvalue weighted by atomic mass is 35.5. The summed E-state index contributed by atoms with van der Waals surface area (Å²) in [5.41, 5.74) is 0. The molecule has 0 N–H and O–H groups in total. The van der Waals surface area contributed by atoms with Gasteiger partial charge in [-0.1, -0.05) is 18.5 Å². The van der Waals surface area contributed by atoms with Gasteiger partial charge in [-0.2, -0.15) is 5.26 Å². The Kier molecular flexibility index (Phi) is 4.60. The highest BCUT2D eigenvalue weighted by Gasteiger charge is 2.16. The Morgan fingerprint density at radius 1 is 1.67 bits per heavy atom. The summed E-state index contributed by atoms with van der Waals surface area (Å²) in [5.74, 6) is -0.115. The van der Waals surface area contributed by atoms with Gasteiger partial charge in [-0.05, 0) is 18.6 Å². The van der Waals surface area contributed by atoms with E-state index < -0.39 is 0 Å². The van der Waals surface area contributed by atoms with Crippen LogP contribution in [0.2, 0.25) is 4.34 Å². The summed E-state index contributed by atoms with van der Waals surface area (Å²) in [7, 11) is 0. The Hall–Kier alpha value is -1.05. The number of carbonyl (C=O) groups excluding carboxylic acids is 1. The molecule has 0 unspecified atom stereocenters. The lowest BCUT2D eigenvalue weighted by molar-refractivity contribution is 0.0781. The van der Waals surface area contributed by atoms with E-state index in [4.69, 9.17) is 16.9 Å². The molecule has 3 nitrogen and oxygen atoms in total. The first-order valence-electron chi connectivity index (χ1n) is 4.60. The van der Waals surface area contributed by atoms with Gasteiger partial charge in [0.15, 0.2) is 0 Å². The topological polar surface area (TPSA) is 44.1 Å². The van der Waals surface area contributed by atoms with Gasteiger partial charge >= 0.3 is 0 Å². The summed E-state index contributed by atoms with van der Waals surface area (Å²) >= 11 is 6.99. The van der Waals surface area contributed by atoms with E-state index in [0.717, 1.165) is 6.42 Å². The summed E-state index contributed by atoms with van der Waals surface area (Å²) in [4.78, 5) is 14.0. The number of thiophene rings is 1. The van der Waals surface area contributed by atoms with Crippen LogP contribution < -0.4 is 0 Å². The molecule has 80 valence electrons. The van der Waals surface area contributed by atoms with Crippen molar-refractivity contribution in [1.29, 1.82) is 5.26 Å². The lowest BCUT2D eigenvalue weighted by atomic mass is 10.3. The summed E-state index contributed by atoms with van der Waals surface area (Å²) < 4.78 is 0.590. The largest absolute Gasteiger partial charge is 0.325 e. The van der Waals surface area contributed by atoms with Gasteiger partial charge in [0, 0.05) is 6.54 Å². The van der Waals surface area contributed by atoms with E-state index in [2.05, 4.69) is 0 Å². The van der Waals surface area contributed by atoms with Crippen molar-refractivity contribution in [2.45, 2.75) is 13.3 Å². The first-order valence-corrected chi connectivity index (χ1v) is 5.80. The van der Waals surface area contributed by atoms with Crippen molar-refractivity contribution in [3.8, 4) is 6.07 Å². The smallest absolute Gasteiger partial charge is 0.264 e. The standard InChI is InChI=1S/C10H11ClN2OS/c1-2-6-13(7-5-12)10(14)8-3-4-9(11)15-8/h3-4H,2,6-7H2,1H3. The third kappa shape index (κ3) is 3.22. The molecule has 0 saturated heterocycles. The maximum Gasteiger partial charge on any atom is 0.264 e. The van der Waals surface area contributed by atoms with Gasteiger partial charge in [0.1, 0.15) is 6.54 Å². The Labute approximate surface area is 97.9 Å². The van der Waals surface area contributed by atoms with Crippen molar-refractivity contribution in [2.75, 3.05) is 13.1 Å². The molecule has 1 rings (SSSR count). The first kappa shape index (κ1) is 12.0. The maximum absolute atomic E-state index is 11.9. The lowest BCUT2D eigenvalue weighted by Crippen LogP contribution is -2.31. The van der Waals surface area contributed by atoms with Crippen LogP contribution in [0.1, 0.15) is 23.0 Å². The molecule has 1 heterocycles. The average Bonchev–Trinajstić information content (AvgIpc) is 2.63. The van der Waals surface area contributed by atoms with Crippen molar-refractivity contribution in [1.82, 2.24) is 4.90 Å². The van der Waals surface area contributed by atoms with Crippen LogP contribution in [0.4, 0.5) is 0 Å². The number of nitrogens with zero attached hydrogens (tertiary/aromatic N) is 2. The Morgan fingerprint density at radius 3 is 2.87 bits per heavy atom. The Balaban J connectivity index is 2.76. The number of rotatable bonds is 4. The molecule has 15 heavy (non-hydrogen) atoms. The minimum atomic E-state index is -0.115. The van der Waals surface area contributed by atoms with E-state index in [9.17, 15) is 4.79 Å². The second-order valence-electron chi connectivity index (χ2n) is 2.99. The van der Waals surface area contributed by atoms with E-state index in [1.165, 1.54) is 16.2 Å². The number of carbonyl (C=O) groups is 1. The fraction of sp³-hybridized carbons (Fsp3) is 0.400. The van der Waals surface area contributed by atoms with Crippen LogP contribution >= 0.6 is 22.9 Å². The summed E-state index contributed by atoms with van der Waals surface area (Å²) in [5, 5.41) is 8.60. The summed E-state index contributed by atoms with van der Waals surface area (Å²) in [6.07, 6.45) is 0.840. The second kappa shape index (κ2) is 5.74. The quantitative estimate of drug-likeness (QED) is 0.762. The number of amides is 1. The van der Waals surface area contributed by atoms with Crippen LogP contribution in [0.25, 0.3) is 0 Å². The lowest BCUT2D eigenvalue weighted by Gasteiger charge is -2.17. The van der Waals surface area contributed by atoms with E-state index in [1.807, 2.05) is 13.0 Å². The van der Waals surface area contributed by atoms with Crippen molar-refractivity contribution < 1.29 is 4.79 Å². The van der Waals surface area contributed by atoms with Gasteiger partial charge in [0.05, 0.1) is 15.3 Å². The molecule has 0 saturated carbocycles. The van der Waals surface area contributed by atoms with Crippen LogP contribution in [0.3, 0.4) is 0 Å². The molecule has 1 aromatic rings. The molecule has 0 atom stereocenters. The van der Waals surface area contributed by atoms with Crippen molar-refractivity contribution in [2.24, 2.45) is 0 Å². The zero-order chi connectivity index (χ0) is 11.3. The molecule has 0 aliphatic carbocycles. The van der Waals surface area contributed by atoms with Gasteiger partial charge in [-0.15, -0.1) is 11.3 Å². The van der Waals surface area contributed by atoms with Gasteiger partial charge in [-0.3, -0.25) is 4.79 Å². The molecule has 0 aromatic carbocycles. The monoisotopic (exact) mass is 242 g/mol. The van der Waals surface area contributed by atoms with Gasteiger partial charge in [-0.25, -0.2) is 0 Å². The van der Waals surface area contributed by atoms with Crippen LogP contribution in [-0.4, -0.2) is 23.9 Å². The van der Waals surface area contributed by atoms with E-state index >= 15 is 0 Å². The molecule has 1 aromatic heterocycles. The third-order valence-corrected chi connectivity index (χ3v) is 3.05. The molecule has 1 amide bonds. The van der Waals surface area contributed by atoms with Crippen molar-refractivity contribution >= 4 is 28.8 Å². The molecule has 0 fully saturated rings. The van der Waals surface area contributed by atoms with E-state index in [0.29, 0.717) is 15.8 Å². The SMILES string of the molecule is CCCN(CC#N)C(=O)c1ccc(Cl)s1. The van der Waals surface area contributed by atoms with Gasteiger partial charge in [0.2, 0.25) is 0 Å².